The van der Waals surface area contributed by atoms with E-state index in [4.69, 9.17) is 0 Å². The highest BCUT2D eigenvalue weighted by Gasteiger charge is 2.04. The molecule has 1 aromatic carbocycles. The van der Waals surface area contributed by atoms with E-state index in [0.717, 1.165) is 9.37 Å². The van der Waals surface area contributed by atoms with Gasteiger partial charge in [0.25, 0.3) is 0 Å². The van der Waals surface area contributed by atoms with Crippen LogP contribution in [-0.4, -0.2) is 31.3 Å². The molecule has 0 spiro atoms. The molecule has 0 heterocycles. The van der Waals surface area contributed by atoms with Crippen LogP contribution >= 0.6 is 27.7 Å². The topological polar surface area (TPSA) is 55.4 Å². The Kier molecular flexibility index (Phi) is 7.59. The normalized spacial score (nSPS) is 10.0. The van der Waals surface area contributed by atoms with Crippen LogP contribution in [0.3, 0.4) is 0 Å². The van der Waals surface area contributed by atoms with Gasteiger partial charge in [0.2, 0.25) is 5.91 Å². The minimum atomic E-state index is -0.315. The standard InChI is InChI=1S/C13H16BrNO3S/c1-18-13(17)6-8-15-12(16)7-9-19-11-4-2-10(14)3-5-11/h2-5H,6-9H2,1H3,(H,15,16). The molecule has 1 aromatic rings. The van der Waals surface area contributed by atoms with Gasteiger partial charge in [-0.25, -0.2) is 0 Å². The Morgan fingerprint density at radius 1 is 1.26 bits per heavy atom. The van der Waals surface area contributed by atoms with Crippen LogP contribution in [0.5, 0.6) is 0 Å². The van der Waals surface area contributed by atoms with E-state index in [2.05, 4.69) is 26.0 Å². The number of nitrogens with one attached hydrogen (secondary N) is 1. The number of esters is 1. The molecule has 0 saturated carbocycles. The Morgan fingerprint density at radius 2 is 1.95 bits per heavy atom. The number of methoxy groups -OCH3 is 1. The highest BCUT2D eigenvalue weighted by atomic mass is 79.9. The molecule has 6 heteroatoms. The summed E-state index contributed by atoms with van der Waals surface area (Å²) in [5.41, 5.74) is 0. The van der Waals surface area contributed by atoms with E-state index in [1.807, 2.05) is 24.3 Å². The lowest BCUT2D eigenvalue weighted by atomic mass is 10.4. The number of ether oxygens (including phenoxy) is 1. The summed E-state index contributed by atoms with van der Waals surface area (Å²) in [6, 6.07) is 7.95. The number of halogens is 1. The summed E-state index contributed by atoms with van der Waals surface area (Å²) in [6.07, 6.45) is 0.643. The average Bonchev–Trinajstić information content (AvgIpc) is 2.41. The smallest absolute Gasteiger partial charge is 0.307 e. The van der Waals surface area contributed by atoms with Gasteiger partial charge in [0.1, 0.15) is 0 Å². The van der Waals surface area contributed by atoms with Gasteiger partial charge in [0.05, 0.1) is 13.5 Å². The number of benzene rings is 1. The fourth-order valence-electron chi connectivity index (χ4n) is 1.29. The molecule has 0 bridgehead atoms. The zero-order chi connectivity index (χ0) is 14.1. The van der Waals surface area contributed by atoms with Crippen LogP contribution in [0.1, 0.15) is 12.8 Å². The van der Waals surface area contributed by atoms with Gasteiger partial charge in [-0.05, 0) is 24.3 Å². The zero-order valence-electron chi connectivity index (χ0n) is 10.6. The molecule has 0 aliphatic rings. The first-order valence-corrected chi connectivity index (χ1v) is 7.61. The summed E-state index contributed by atoms with van der Waals surface area (Å²) >= 11 is 5.00. The molecule has 0 unspecified atom stereocenters. The zero-order valence-corrected chi connectivity index (χ0v) is 13.1. The summed E-state index contributed by atoms with van der Waals surface area (Å²) in [7, 11) is 1.33. The maximum atomic E-state index is 11.5. The van der Waals surface area contributed by atoms with Crippen molar-refractivity contribution in [2.75, 3.05) is 19.4 Å². The van der Waals surface area contributed by atoms with Gasteiger partial charge in [0, 0.05) is 28.1 Å². The van der Waals surface area contributed by atoms with Gasteiger partial charge in [-0.2, -0.15) is 0 Å². The molecular formula is C13H16BrNO3S. The van der Waals surface area contributed by atoms with Crippen LogP contribution in [0, 0.1) is 0 Å². The molecule has 0 fully saturated rings. The van der Waals surface area contributed by atoms with Crippen molar-refractivity contribution in [1.29, 1.82) is 0 Å². The molecular weight excluding hydrogens is 330 g/mol. The fourth-order valence-corrected chi connectivity index (χ4v) is 2.40. The van der Waals surface area contributed by atoms with E-state index in [1.165, 1.54) is 7.11 Å². The van der Waals surface area contributed by atoms with Crippen LogP contribution in [0.15, 0.2) is 33.6 Å². The van der Waals surface area contributed by atoms with Crippen molar-refractivity contribution in [3.05, 3.63) is 28.7 Å². The molecule has 0 aliphatic heterocycles. The Labute approximate surface area is 125 Å². The highest BCUT2D eigenvalue weighted by Crippen LogP contribution is 2.20. The van der Waals surface area contributed by atoms with Crippen LogP contribution < -0.4 is 5.32 Å². The number of hydrogen-bond donors (Lipinski definition) is 1. The lowest BCUT2D eigenvalue weighted by Crippen LogP contribution is -2.26. The molecule has 19 heavy (non-hydrogen) atoms. The predicted molar refractivity (Wildman–Crippen MR) is 79.1 cm³/mol. The first-order chi connectivity index (χ1) is 9.11. The molecule has 4 nitrogen and oxygen atoms in total. The predicted octanol–water partition coefficient (Wildman–Crippen LogP) is 2.61. The summed E-state index contributed by atoms with van der Waals surface area (Å²) in [6.45, 7) is 0.328. The van der Waals surface area contributed by atoms with Crippen LogP contribution in [0.2, 0.25) is 0 Å². The lowest BCUT2D eigenvalue weighted by Gasteiger charge is -2.04. The van der Waals surface area contributed by atoms with E-state index >= 15 is 0 Å². The van der Waals surface area contributed by atoms with Gasteiger partial charge < -0.3 is 10.1 Å². The van der Waals surface area contributed by atoms with E-state index < -0.39 is 0 Å². The van der Waals surface area contributed by atoms with Crippen LogP contribution in [-0.2, 0) is 14.3 Å². The Bertz CT molecular complexity index is 422. The van der Waals surface area contributed by atoms with Crippen molar-refractivity contribution >= 4 is 39.6 Å². The Balaban J connectivity index is 2.13. The molecule has 0 aliphatic carbocycles. The third kappa shape index (κ3) is 7.22. The van der Waals surface area contributed by atoms with Gasteiger partial charge in [-0.1, -0.05) is 15.9 Å². The molecule has 104 valence electrons. The summed E-state index contributed by atoms with van der Waals surface area (Å²) in [5.74, 6) is 0.351. The van der Waals surface area contributed by atoms with Gasteiger partial charge in [-0.15, -0.1) is 11.8 Å². The fraction of sp³-hybridized carbons (Fsp3) is 0.385. The van der Waals surface area contributed by atoms with Gasteiger partial charge in [0.15, 0.2) is 0 Å². The number of thioether (sulfide) groups is 1. The van der Waals surface area contributed by atoms with Crippen molar-refractivity contribution in [3.8, 4) is 0 Å². The van der Waals surface area contributed by atoms with Gasteiger partial charge >= 0.3 is 5.97 Å². The second kappa shape index (κ2) is 8.98. The quantitative estimate of drug-likeness (QED) is 0.609. The average molecular weight is 346 g/mol. The minimum absolute atomic E-state index is 0.0477. The van der Waals surface area contributed by atoms with Crippen molar-refractivity contribution in [1.82, 2.24) is 5.32 Å². The summed E-state index contributed by atoms with van der Waals surface area (Å²) in [4.78, 5) is 23.4. The molecule has 0 aromatic heterocycles. The van der Waals surface area contributed by atoms with Crippen molar-refractivity contribution in [2.45, 2.75) is 17.7 Å². The SMILES string of the molecule is COC(=O)CCNC(=O)CCSc1ccc(Br)cc1. The van der Waals surface area contributed by atoms with E-state index in [-0.39, 0.29) is 18.3 Å². The maximum absolute atomic E-state index is 11.5. The number of rotatable bonds is 7. The molecule has 0 saturated heterocycles. The third-order valence-corrected chi connectivity index (χ3v) is 3.83. The number of hydrogen-bond acceptors (Lipinski definition) is 4. The van der Waals surface area contributed by atoms with Crippen LogP contribution in [0.25, 0.3) is 0 Å². The molecule has 0 radical (unpaired) electrons. The largest absolute Gasteiger partial charge is 0.469 e. The number of carbonyl (C=O) groups is 2. The van der Waals surface area contributed by atoms with Crippen molar-refractivity contribution < 1.29 is 14.3 Å². The Morgan fingerprint density at radius 3 is 2.58 bits per heavy atom. The molecule has 0 atom stereocenters. The molecule has 1 N–H and O–H groups in total. The summed E-state index contributed by atoms with van der Waals surface area (Å²) in [5, 5.41) is 2.68. The highest BCUT2D eigenvalue weighted by molar-refractivity contribution is 9.10. The summed E-state index contributed by atoms with van der Waals surface area (Å²) < 4.78 is 5.52. The third-order valence-electron chi connectivity index (χ3n) is 2.29. The minimum Gasteiger partial charge on any atom is -0.469 e. The van der Waals surface area contributed by atoms with E-state index in [1.54, 1.807) is 11.8 Å². The van der Waals surface area contributed by atoms with Crippen LogP contribution in [0.4, 0.5) is 0 Å². The monoisotopic (exact) mass is 345 g/mol. The number of carbonyl (C=O) groups excluding carboxylic acids is 2. The van der Waals surface area contributed by atoms with E-state index in [0.29, 0.717) is 18.7 Å². The van der Waals surface area contributed by atoms with Crippen molar-refractivity contribution in [2.24, 2.45) is 0 Å². The number of amides is 1. The second-order valence-electron chi connectivity index (χ2n) is 3.73. The second-order valence-corrected chi connectivity index (χ2v) is 5.81. The maximum Gasteiger partial charge on any atom is 0.307 e. The van der Waals surface area contributed by atoms with Gasteiger partial charge in [-0.3, -0.25) is 9.59 Å². The van der Waals surface area contributed by atoms with E-state index in [9.17, 15) is 9.59 Å². The first kappa shape index (κ1) is 16.0. The first-order valence-electron chi connectivity index (χ1n) is 5.83. The lowest BCUT2D eigenvalue weighted by molar-refractivity contribution is -0.140. The molecule has 1 rings (SSSR count). The van der Waals surface area contributed by atoms with Crippen molar-refractivity contribution in [3.63, 3.8) is 0 Å². The molecule has 1 amide bonds. The Hall–Kier alpha value is -1.01.